The Bertz CT molecular complexity index is 1290. The monoisotopic (exact) mass is 482 g/mol. The molecule has 0 fully saturated rings. The van der Waals surface area contributed by atoms with Gasteiger partial charge in [0.25, 0.3) is 0 Å². The average Bonchev–Trinajstić information content (AvgIpc) is 2.84. The fourth-order valence-corrected chi connectivity index (χ4v) is 5.60. The molecule has 0 saturated heterocycles. The number of aromatic nitrogens is 2. The maximum absolute atomic E-state index is 12.7. The lowest BCUT2D eigenvalue weighted by atomic mass is 10.0. The highest BCUT2D eigenvalue weighted by Gasteiger charge is 2.30. The first kappa shape index (κ1) is 23.6. The number of hydrogen-bond acceptors (Lipinski definition) is 8. The molecule has 1 aliphatic rings. The van der Waals surface area contributed by atoms with Crippen LogP contribution in [-0.4, -0.2) is 47.2 Å². The molecule has 0 saturated carbocycles. The van der Waals surface area contributed by atoms with Crippen LogP contribution in [0.1, 0.15) is 25.8 Å². The van der Waals surface area contributed by atoms with E-state index in [1.165, 1.54) is 22.8 Å². The van der Waals surface area contributed by atoms with Crippen LogP contribution in [0.2, 0.25) is 0 Å². The molecule has 11 heteroatoms. The summed E-state index contributed by atoms with van der Waals surface area (Å²) in [4.78, 5) is 22.0. The van der Waals surface area contributed by atoms with Crippen molar-refractivity contribution in [2.75, 3.05) is 29.9 Å². The quantitative estimate of drug-likeness (QED) is 0.374. The predicted octanol–water partition coefficient (Wildman–Crippen LogP) is 4.24. The van der Waals surface area contributed by atoms with Crippen LogP contribution in [0.25, 0.3) is 0 Å². The number of para-hydroxylation sites is 1. The number of nitrogens with one attached hydrogen (secondary N) is 1. The molecule has 2 heterocycles. The van der Waals surface area contributed by atoms with Gasteiger partial charge in [-0.05, 0) is 48.7 Å². The zero-order valence-electron chi connectivity index (χ0n) is 19.0. The number of benzene rings is 2. The Hall–Kier alpha value is -3.57. The second-order valence-corrected chi connectivity index (χ2v) is 9.71. The highest BCUT2D eigenvalue weighted by molar-refractivity contribution is 7.89. The van der Waals surface area contributed by atoms with Crippen molar-refractivity contribution in [3.63, 3.8) is 0 Å². The van der Waals surface area contributed by atoms with E-state index < -0.39 is 14.9 Å². The van der Waals surface area contributed by atoms with E-state index in [-0.39, 0.29) is 22.2 Å². The standard InChI is InChI=1S/C23H26N6O4S/c1-3-27(4-2)34(32,33)19-13-11-18(12-14-19)26-22-21(29(30)31)23(25-16-24-22)28-15-7-9-17-8-5-6-10-20(17)28/h5-6,8,10-14,16H,3-4,7,9,15H2,1-2H3,(H,24,25,26). The number of fused-ring (bicyclic) bond motifs is 1. The number of sulfonamides is 1. The third-order valence-electron chi connectivity index (χ3n) is 5.81. The normalized spacial score (nSPS) is 13.6. The Morgan fingerprint density at radius 1 is 1.09 bits per heavy atom. The highest BCUT2D eigenvalue weighted by Crippen LogP contribution is 2.40. The summed E-state index contributed by atoms with van der Waals surface area (Å²) < 4.78 is 26.8. The van der Waals surface area contributed by atoms with Gasteiger partial charge in [-0.1, -0.05) is 32.0 Å². The fourth-order valence-electron chi connectivity index (χ4n) is 4.14. The summed E-state index contributed by atoms with van der Waals surface area (Å²) >= 11 is 0. The molecule has 4 rings (SSSR count). The molecule has 2 aromatic carbocycles. The maximum Gasteiger partial charge on any atom is 0.354 e. The number of aryl methyl sites for hydroxylation is 1. The topological polar surface area (TPSA) is 122 Å². The minimum absolute atomic E-state index is 0.0393. The van der Waals surface area contributed by atoms with E-state index in [1.54, 1.807) is 26.0 Å². The lowest BCUT2D eigenvalue weighted by Crippen LogP contribution is -2.30. The molecule has 3 aromatic rings. The fraction of sp³-hybridized carbons (Fsp3) is 0.304. The van der Waals surface area contributed by atoms with Crippen molar-refractivity contribution in [1.82, 2.24) is 14.3 Å². The summed E-state index contributed by atoms with van der Waals surface area (Å²) in [6.45, 7) is 4.90. The molecule has 0 unspecified atom stereocenters. The van der Waals surface area contributed by atoms with Gasteiger partial charge in [-0.25, -0.2) is 18.4 Å². The SMILES string of the molecule is CCN(CC)S(=O)(=O)c1ccc(Nc2ncnc(N3CCCc4ccccc43)c2[N+](=O)[O-])cc1. The van der Waals surface area contributed by atoms with Crippen LogP contribution in [0, 0.1) is 10.1 Å². The first-order valence-corrected chi connectivity index (χ1v) is 12.5. The first-order valence-electron chi connectivity index (χ1n) is 11.1. The molecule has 0 amide bonds. The minimum atomic E-state index is -3.60. The van der Waals surface area contributed by atoms with Crippen LogP contribution in [0.5, 0.6) is 0 Å². The first-order chi connectivity index (χ1) is 16.4. The van der Waals surface area contributed by atoms with E-state index in [4.69, 9.17) is 0 Å². The molecule has 1 N–H and O–H groups in total. The van der Waals surface area contributed by atoms with Crippen molar-refractivity contribution in [3.8, 4) is 0 Å². The molecule has 1 aromatic heterocycles. The maximum atomic E-state index is 12.7. The molecule has 10 nitrogen and oxygen atoms in total. The third-order valence-corrected chi connectivity index (χ3v) is 7.88. The molecule has 0 atom stereocenters. The molecule has 0 aliphatic carbocycles. The molecule has 34 heavy (non-hydrogen) atoms. The number of nitrogens with zero attached hydrogens (tertiary/aromatic N) is 5. The number of nitro groups is 1. The molecule has 1 aliphatic heterocycles. The van der Waals surface area contributed by atoms with Gasteiger partial charge in [-0.15, -0.1) is 0 Å². The summed E-state index contributed by atoms with van der Waals surface area (Å²) in [5.74, 6) is 0.257. The van der Waals surface area contributed by atoms with Crippen molar-refractivity contribution in [1.29, 1.82) is 0 Å². The Labute approximate surface area is 198 Å². The van der Waals surface area contributed by atoms with Crippen molar-refractivity contribution < 1.29 is 13.3 Å². The Morgan fingerprint density at radius 3 is 2.47 bits per heavy atom. The van der Waals surface area contributed by atoms with Crippen LogP contribution in [0.15, 0.2) is 59.8 Å². The van der Waals surface area contributed by atoms with Gasteiger partial charge in [0, 0.05) is 31.0 Å². The number of anilines is 4. The Kier molecular flexibility index (Phi) is 6.75. The van der Waals surface area contributed by atoms with Crippen LogP contribution >= 0.6 is 0 Å². The highest BCUT2D eigenvalue weighted by atomic mass is 32.2. The van der Waals surface area contributed by atoms with Crippen molar-refractivity contribution in [2.45, 2.75) is 31.6 Å². The second-order valence-electron chi connectivity index (χ2n) is 7.77. The van der Waals surface area contributed by atoms with Crippen molar-refractivity contribution >= 4 is 38.7 Å². The Balaban J connectivity index is 1.68. The van der Waals surface area contributed by atoms with Crippen LogP contribution in [0.4, 0.5) is 28.7 Å². The average molecular weight is 483 g/mol. The van der Waals surface area contributed by atoms with Crippen LogP contribution < -0.4 is 10.2 Å². The summed E-state index contributed by atoms with van der Waals surface area (Å²) in [6.07, 6.45) is 3.05. The largest absolute Gasteiger partial charge is 0.354 e. The van der Waals surface area contributed by atoms with Crippen molar-refractivity contribution in [3.05, 3.63) is 70.5 Å². The molecule has 0 spiro atoms. The van der Waals surface area contributed by atoms with E-state index in [1.807, 2.05) is 29.2 Å². The zero-order valence-corrected chi connectivity index (χ0v) is 19.8. The predicted molar refractivity (Wildman–Crippen MR) is 130 cm³/mol. The summed E-state index contributed by atoms with van der Waals surface area (Å²) in [5, 5.41) is 15.1. The van der Waals surface area contributed by atoms with Gasteiger partial charge in [-0.3, -0.25) is 10.1 Å². The number of rotatable bonds is 8. The van der Waals surface area contributed by atoms with Gasteiger partial charge in [0.1, 0.15) is 6.33 Å². The zero-order chi connectivity index (χ0) is 24.3. The molecule has 178 valence electrons. The van der Waals surface area contributed by atoms with E-state index in [0.717, 1.165) is 24.1 Å². The second kappa shape index (κ2) is 9.74. The minimum Gasteiger partial charge on any atom is -0.334 e. The van der Waals surface area contributed by atoms with Gasteiger partial charge in [-0.2, -0.15) is 4.31 Å². The van der Waals surface area contributed by atoms with Crippen LogP contribution in [0.3, 0.4) is 0 Å². The number of hydrogen-bond donors (Lipinski definition) is 1. The summed E-state index contributed by atoms with van der Waals surface area (Å²) in [7, 11) is -3.60. The van der Waals surface area contributed by atoms with E-state index in [2.05, 4.69) is 15.3 Å². The lowest BCUT2D eigenvalue weighted by molar-refractivity contribution is -0.383. The molecular weight excluding hydrogens is 456 g/mol. The third kappa shape index (κ3) is 4.44. The molecular formula is C23H26N6O4S. The van der Waals surface area contributed by atoms with Gasteiger partial charge in [0.05, 0.1) is 9.82 Å². The van der Waals surface area contributed by atoms with Gasteiger partial charge < -0.3 is 10.2 Å². The summed E-state index contributed by atoms with van der Waals surface area (Å²) in [5.41, 5.74) is 2.25. The molecule has 0 radical (unpaired) electrons. The lowest BCUT2D eigenvalue weighted by Gasteiger charge is -2.30. The smallest absolute Gasteiger partial charge is 0.334 e. The van der Waals surface area contributed by atoms with E-state index >= 15 is 0 Å². The van der Waals surface area contributed by atoms with Gasteiger partial charge in [0.2, 0.25) is 21.7 Å². The van der Waals surface area contributed by atoms with Gasteiger partial charge in [0.15, 0.2) is 0 Å². The van der Waals surface area contributed by atoms with Gasteiger partial charge >= 0.3 is 5.69 Å². The van der Waals surface area contributed by atoms with Crippen molar-refractivity contribution in [2.24, 2.45) is 0 Å². The summed E-state index contributed by atoms with van der Waals surface area (Å²) in [6, 6.07) is 13.9. The molecule has 0 bridgehead atoms. The Morgan fingerprint density at radius 2 is 1.79 bits per heavy atom. The van der Waals surface area contributed by atoms with Crippen LogP contribution in [-0.2, 0) is 16.4 Å². The van der Waals surface area contributed by atoms with E-state index in [9.17, 15) is 18.5 Å². The van der Waals surface area contributed by atoms with E-state index in [0.29, 0.717) is 25.3 Å².